The molecule has 22 heavy (non-hydrogen) atoms. The normalized spacial score (nSPS) is 16.5. The molecule has 0 aromatic carbocycles. The Bertz CT molecular complexity index is 369. The lowest BCUT2D eigenvalue weighted by Crippen LogP contribution is -2.46. The van der Waals surface area contributed by atoms with Crippen molar-refractivity contribution in [1.82, 2.24) is 9.80 Å². The van der Waals surface area contributed by atoms with Gasteiger partial charge in [-0.2, -0.15) is 0 Å². The standard InChI is InChI=1S/C17H32N2O3/c1-6-8-11-18(7-2)15(20)14-9-12-19(13-10-14)16(21)22-17(3,4)5/h14H,6-13H2,1-5H3. The van der Waals surface area contributed by atoms with Crippen LogP contribution in [0.15, 0.2) is 0 Å². The number of unbranched alkanes of at least 4 members (excludes halogenated alkanes) is 1. The Morgan fingerprint density at radius 1 is 1.18 bits per heavy atom. The van der Waals surface area contributed by atoms with E-state index in [2.05, 4.69) is 6.92 Å². The van der Waals surface area contributed by atoms with Gasteiger partial charge in [0.05, 0.1) is 0 Å². The van der Waals surface area contributed by atoms with E-state index in [0.717, 1.165) is 38.8 Å². The molecule has 1 saturated heterocycles. The third-order valence-electron chi connectivity index (χ3n) is 3.97. The maximum atomic E-state index is 12.5. The molecule has 1 rings (SSSR count). The van der Waals surface area contributed by atoms with Crippen molar-refractivity contribution in [3.05, 3.63) is 0 Å². The molecule has 0 aliphatic carbocycles. The predicted molar refractivity (Wildman–Crippen MR) is 87.7 cm³/mol. The van der Waals surface area contributed by atoms with E-state index < -0.39 is 5.60 Å². The van der Waals surface area contributed by atoms with Crippen LogP contribution in [0.1, 0.15) is 60.3 Å². The zero-order valence-electron chi connectivity index (χ0n) is 14.9. The molecule has 0 saturated carbocycles. The van der Waals surface area contributed by atoms with Gasteiger partial charge in [-0.1, -0.05) is 13.3 Å². The average Bonchev–Trinajstić information content (AvgIpc) is 2.46. The molecule has 5 nitrogen and oxygen atoms in total. The molecule has 0 N–H and O–H groups in total. The zero-order chi connectivity index (χ0) is 16.8. The highest BCUT2D eigenvalue weighted by atomic mass is 16.6. The quantitative estimate of drug-likeness (QED) is 0.783. The molecule has 0 aromatic rings. The summed E-state index contributed by atoms with van der Waals surface area (Å²) in [5.41, 5.74) is -0.469. The van der Waals surface area contributed by atoms with E-state index >= 15 is 0 Å². The van der Waals surface area contributed by atoms with Crippen molar-refractivity contribution in [2.75, 3.05) is 26.2 Å². The summed E-state index contributed by atoms with van der Waals surface area (Å²) in [6.45, 7) is 12.6. The Labute approximate surface area is 135 Å². The van der Waals surface area contributed by atoms with Crippen molar-refractivity contribution in [3.63, 3.8) is 0 Å². The monoisotopic (exact) mass is 312 g/mol. The molecule has 5 heteroatoms. The van der Waals surface area contributed by atoms with Gasteiger partial charge in [-0.05, 0) is 47.0 Å². The molecule has 2 amide bonds. The van der Waals surface area contributed by atoms with Crippen molar-refractivity contribution in [3.8, 4) is 0 Å². The van der Waals surface area contributed by atoms with Crippen LogP contribution in [0.2, 0.25) is 0 Å². The number of piperidine rings is 1. The third kappa shape index (κ3) is 5.85. The van der Waals surface area contributed by atoms with Crippen molar-refractivity contribution in [1.29, 1.82) is 0 Å². The van der Waals surface area contributed by atoms with Gasteiger partial charge in [0, 0.05) is 32.1 Å². The Morgan fingerprint density at radius 3 is 2.23 bits per heavy atom. The van der Waals surface area contributed by atoms with Crippen LogP contribution in [-0.2, 0) is 9.53 Å². The number of hydrogen-bond acceptors (Lipinski definition) is 3. The largest absolute Gasteiger partial charge is 0.444 e. The van der Waals surface area contributed by atoms with Crippen molar-refractivity contribution < 1.29 is 14.3 Å². The van der Waals surface area contributed by atoms with Gasteiger partial charge in [0.2, 0.25) is 5.91 Å². The summed E-state index contributed by atoms with van der Waals surface area (Å²) in [7, 11) is 0. The molecular formula is C17H32N2O3. The van der Waals surface area contributed by atoms with Crippen molar-refractivity contribution in [2.24, 2.45) is 5.92 Å². The second kappa shape index (κ2) is 8.39. The minimum atomic E-state index is -0.469. The minimum Gasteiger partial charge on any atom is -0.444 e. The molecule has 0 bridgehead atoms. The van der Waals surface area contributed by atoms with E-state index in [-0.39, 0.29) is 17.9 Å². The van der Waals surface area contributed by atoms with Gasteiger partial charge >= 0.3 is 6.09 Å². The van der Waals surface area contributed by atoms with Crippen molar-refractivity contribution >= 4 is 12.0 Å². The first kappa shape index (κ1) is 18.8. The second-order valence-corrected chi connectivity index (χ2v) is 7.01. The summed E-state index contributed by atoms with van der Waals surface area (Å²) < 4.78 is 5.39. The van der Waals surface area contributed by atoms with Gasteiger partial charge < -0.3 is 14.5 Å². The maximum absolute atomic E-state index is 12.5. The molecule has 1 aliphatic heterocycles. The second-order valence-electron chi connectivity index (χ2n) is 7.01. The number of ether oxygens (including phenoxy) is 1. The van der Waals surface area contributed by atoms with Gasteiger partial charge in [-0.15, -0.1) is 0 Å². The van der Waals surface area contributed by atoms with E-state index in [4.69, 9.17) is 4.74 Å². The average molecular weight is 312 g/mol. The van der Waals surface area contributed by atoms with Crippen LogP contribution >= 0.6 is 0 Å². The first-order valence-electron chi connectivity index (χ1n) is 8.55. The van der Waals surface area contributed by atoms with Crippen LogP contribution in [0.3, 0.4) is 0 Å². The van der Waals surface area contributed by atoms with Gasteiger partial charge in [-0.3, -0.25) is 4.79 Å². The van der Waals surface area contributed by atoms with Crippen LogP contribution in [0.4, 0.5) is 4.79 Å². The van der Waals surface area contributed by atoms with Crippen LogP contribution in [0.25, 0.3) is 0 Å². The highest BCUT2D eigenvalue weighted by Crippen LogP contribution is 2.21. The van der Waals surface area contributed by atoms with Crippen LogP contribution in [-0.4, -0.2) is 53.6 Å². The number of nitrogens with zero attached hydrogens (tertiary/aromatic N) is 2. The van der Waals surface area contributed by atoms with E-state index in [1.807, 2.05) is 32.6 Å². The first-order valence-corrected chi connectivity index (χ1v) is 8.55. The highest BCUT2D eigenvalue weighted by molar-refractivity contribution is 5.79. The summed E-state index contributed by atoms with van der Waals surface area (Å²) in [6, 6.07) is 0. The molecule has 0 atom stereocenters. The number of carbonyl (C=O) groups excluding carboxylic acids is 2. The molecule has 128 valence electrons. The fourth-order valence-electron chi connectivity index (χ4n) is 2.67. The molecule has 0 spiro atoms. The van der Waals surface area contributed by atoms with E-state index in [9.17, 15) is 9.59 Å². The van der Waals surface area contributed by atoms with E-state index in [0.29, 0.717) is 13.1 Å². The molecule has 1 aliphatic rings. The van der Waals surface area contributed by atoms with Gasteiger partial charge in [-0.25, -0.2) is 4.79 Å². The van der Waals surface area contributed by atoms with E-state index in [1.165, 1.54) is 0 Å². The lowest BCUT2D eigenvalue weighted by Gasteiger charge is -2.34. The minimum absolute atomic E-state index is 0.0514. The van der Waals surface area contributed by atoms with Gasteiger partial charge in [0.25, 0.3) is 0 Å². The number of likely N-dealkylation sites (tertiary alicyclic amines) is 1. The summed E-state index contributed by atoms with van der Waals surface area (Å²) in [6.07, 6.45) is 3.36. The predicted octanol–water partition coefficient (Wildman–Crippen LogP) is 3.28. The lowest BCUT2D eigenvalue weighted by molar-refractivity contribution is -0.137. The molecule has 0 aromatic heterocycles. The summed E-state index contributed by atoms with van der Waals surface area (Å²) in [5, 5.41) is 0. The molecule has 1 fully saturated rings. The zero-order valence-corrected chi connectivity index (χ0v) is 14.9. The lowest BCUT2D eigenvalue weighted by atomic mass is 9.95. The molecule has 1 heterocycles. The van der Waals surface area contributed by atoms with Crippen LogP contribution < -0.4 is 0 Å². The summed E-state index contributed by atoms with van der Waals surface area (Å²) >= 11 is 0. The fourth-order valence-corrected chi connectivity index (χ4v) is 2.67. The fraction of sp³-hybridized carbons (Fsp3) is 0.882. The number of rotatable bonds is 5. The number of carbonyl (C=O) groups is 2. The highest BCUT2D eigenvalue weighted by Gasteiger charge is 2.31. The Morgan fingerprint density at radius 2 is 1.77 bits per heavy atom. The third-order valence-corrected chi connectivity index (χ3v) is 3.97. The van der Waals surface area contributed by atoms with Gasteiger partial charge in [0.1, 0.15) is 5.60 Å². The summed E-state index contributed by atoms with van der Waals surface area (Å²) in [5.74, 6) is 0.301. The van der Waals surface area contributed by atoms with Crippen LogP contribution in [0, 0.1) is 5.92 Å². The topological polar surface area (TPSA) is 49.9 Å². The Kier molecular flexibility index (Phi) is 7.17. The first-order chi connectivity index (χ1) is 10.3. The summed E-state index contributed by atoms with van der Waals surface area (Å²) in [4.78, 5) is 28.2. The Balaban J connectivity index is 2.47. The SMILES string of the molecule is CCCCN(CC)C(=O)C1CCN(C(=O)OC(C)(C)C)CC1. The number of amides is 2. The molecule has 0 unspecified atom stereocenters. The molecule has 0 radical (unpaired) electrons. The van der Waals surface area contributed by atoms with Crippen LogP contribution in [0.5, 0.6) is 0 Å². The Hall–Kier alpha value is -1.26. The maximum Gasteiger partial charge on any atom is 0.410 e. The van der Waals surface area contributed by atoms with Gasteiger partial charge in [0.15, 0.2) is 0 Å². The van der Waals surface area contributed by atoms with Crippen molar-refractivity contribution in [2.45, 2.75) is 65.9 Å². The smallest absolute Gasteiger partial charge is 0.410 e. The van der Waals surface area contributed by atoms with E-state index in [1.54, 1.807) is 4.90 Å². The number of hydrogen-bond donors (Lipinski definition) is 0. The molecular weight excluding hydrogens is 280 g/mol.